The number of hydrogen-bond acceptors (Lipinski definition) is 3. The van der Waals surface area contributed by atoms with E-state index < -0.39 is 32.6 Å². The van der Waals surface area contributed by atoms with Crippen molar-refractivity contribution in [2.24, 2.45) is 0 Å². The van der Waals surface area contributed by atoms with Crippen LogP contribution in [-0.4, -0.2) is 38.1 Å². The molecule has 0 aliphatic carbocycles. The molecule has 27 heavy (non-hydrogen) atoms. The van der Waals surface area contributed by atoms with Gasteiger partial charge in [-0.3, -0.25) is 4.79 Å². The zero-order valence-electron chi connectivity index (χ0n) is 14.5. The first kappa shape index (κ1) is 19.2. The molecule has 0 radical (unpaired) electrons. The van der Waals surface area contributed by atoms with Gasteiger partial charge in [0, 0.05) is 24.7 Å². The van der Waals surface area contributed by atoms with E-state index in [4.69, 9.17) is 0 Å². The molecule has 0 aromatic heterocycles. The molecule has 1 heterocycles. The van der Waals surface area contributed by atoms with E-state index in [1.807, 2.05) is 6.07 Å². The Kier molecular flexibility index (Phi) is 5.70. The number of amides is 1. The molecule has 1 saturated heterocycles. The number of halogens is 2. The Morgan fingerprint density at radius 1 is 1.07 bits per heavy atom. The van der Waals surface area contributed by atoms with E-state index in [-0.39, 0.29) is 24.4 Å². The van der Waals surface area contributed by atoms with Gasteiger partial charge >= 0.3 is 0 Å². The van der Waals surface area contributed by atoms with Crippen LogP contribution in [0.1, 0.15) is 22.8 Å². The van der Waals surface area contributed by atoms with Crippen LogP contribution in [0.3, 0.4) is 0 Å². The first-order chi connectivity index (χ1) is 12.9. The first-order valence-electron chi connectivity index (χ1n) is 8.55. The highest BCUT2D eigenvalue weighted by Gasteiger charge is 2.32. The Hall–Kier alpha value is -2.54. The zero-order chi connectivity index (χ0) is 19.4. The van der Waals surface area contributed by atoms with Crippen molar-refractivity contribution >= 4 is 21.8 Å². The van der Waals surface area contributed by atoms with Gasteiger partial charge in [0.15, 0.2) is 9.84 Å². The van der Waals surface area contributed by atoms with Crippen LogP contribution in [0.5, 0.6) is 0 Å². The maximum absolute atomic E-state index is 13.6. The van der Waals surface area contributed by atoms with E-state index in [0.29, 0.717) is 12.0 Å². The van der Waals surface area contributed by atoms with Crippen LogP contribution in [0.4, 0.5) is 8.78 Å². The average molecular weight is 391 g/mol. The molecule has 3 rings (SSSR count). The number of benzene rings is 2. The largest absolute Gasteiger partial charge is 0.338 e. The summed E-state index contributed by atoms with van der Waals surface area (Å²) in [5.41, 5.74) is 0.678. The second kappa shape index (κ2) is 8.00. The third-order valence-electron chi connectivity index (χ3n) is 4.59. The standard InChI is InChI=1S/C20H19F2NO3S/c21-17-7-8-18(22)16(14-17)6-9-20(24)23-11-10-19(27(25,26)13-12-23)15-4-2-1-3-5-15/h1-9,14,19H,10-13H2/b9-6+/t19-/m1/s1. The van der Waals surface area contributed by atoms with Gasteiger partial charge in [-0.05, 0) is 36.3 Å². The molecule has 1 aliphatic heterocycles. The van der Waals surface area contributed by atoms with Crippen molar-refractivity contribution in [1.29, 1.82) is 0 Å². The number of rotatable bonds is 3. The van der Waals surface area contributed by atoms with Gasteiger partial charge in [-0.2, -0.15) is 0 Å². The summed E-state index contributed by atoms with van der Waals surface area (Å²) in [7, 11) is -3.39. The lowest BCUT2D eigenvalue weighted by Crippen LogP contribution is -2.32. The summed E-state index contributed by atoms with van der Waals surface area (Å²) in [6.45, 7) is 0.341. The molecule has 1 atom stereocenters. The Balaban J connectivity index is 1.74. The van der Waals surface area contributed by atoms with E-state index >= 15 is 0 Å². The minimum atomic E-state index is -3.39. The molecular formula is C20H19F2NO3S. The molecule has 2 aromatic rings. The van der Waals surface area contributed by atoms with Crippen molar-refractivity contribution < 1.29 is 22.0 Å². The highest BCUT2D eigenvalue weighted by atomic mass is 32.2. The highest BCUT2D eigenvalue weighted by Crippen LogP contribution is 2.29. The molecule has 0 bridgehead atoms. The van der Waals surface area contributed by atoms with Gasteiger partial charge in [-0.25, -0.2) is 17.2 Å². The van der Waals surface area contributed by atoms with E-state index in [1.54, 1.807) is 24.3 Å². The molecule has 0 N–H and O–H groups in total. The number of hydrogen-bond donors (Lipinski definition) is 0. The van der Waals surface area contributed by atoms with Gasteiger partial charge in [-0.1, -0.05) is 30.3 Å². The van der Waals surface area contributed by atoms with Crippen LogP contribution in [0.2, 0.25) is 0 Å². The predicted molar refractivity (Wildman–Crippen MR) is 99.6 cm³/mol. The van der Waals surface area contributed by atoms with Crippen molar-refractivity contribution in [3.8, 4) is 0 Å². The fourth-order valence-electron chi connectivity index (χ4n) is 3.12. The number of sulfone groups is 1. The van der Waals surface area contributed by atoms with Gasteiger partial charge < -0.3 is 4.90 Å². The third kappa shape index (κ3) is 4.60. The molecule has 1 amide bonds. The van der Waals surface area contributed by atoms with Crippen LogP contribution in [0.25, 0.3) is 6.08 Å². The summed E-state index contributed by atoms with van der Waals surface area (Å²) in [6.07, 6.45) is 2.64. The molecule has 1 fully saturated rings. The lowest BCUT2D eigenvalue weighted by atomic mass is 10.1. The number of carbonyl (C=O) groups excluding carboxylic acids is 1. The third-order valence-corrected chi connectivity index (χ3v) is 6.71. The van der Waals surface area contributed by atoms with Gasteiger partial charge in [0.05, 0.1) is 11.0 Å². The molecular weight excluding hydrogens is 372 g/mol. The van der Waals surface area contributed by atoms with Gasteiger partial charge in [0.1, 0.15) is 11.6 Å². The Morgan fingerprint density at radius 2 is 1.81 bits per heavy atom. The highest BCUT2D eigenvalue weighted by molar-refractivity contribution is 7.91. The van der Waals surface area contributed by atoms with Gasteiger partial charge in [-0.15, -0.1) is 0 Å². The molecule has 0 saturated carbocycles. The zero-order valence-corrected chi connectivity index (χ0v) is 15.3. The van der Waals surface area contributed by atoms with Gasteiger partial charge in [0.2, 0.25) is 5.91 Å². The Bertz CT molecular complexity index is 958. The quantitative estimate of drug-likeness (QED) is 0.754. The van der Waals surface area contributed by atoms with Crippen molar-refractivity contribution in [1.82, 2.24) is 4.90 Å². The minimum absolute atomic E-state index is 0.0343. The summed E-state index contributed by atoms with van der Waals surface area (Å²) in [5, 5.41) is -0.652. The second-order valence-electron chi connectivity index (χ2n) is 6.38. The fraction of sp³-hybridized carbons (Fsp3) is 0.250. The van der Waals surface area contributed by atoms with Crippen molar-refractivity contribution in [3.05, 3.63) is 77.4 Å². The van der Waals surface area contributed by atoms with Crippen LogP contribution in [0, 0.1) is 11.6 Å². The average Bonchev–Trinajstić information content (AvgIpc) is 2.81. The normalized spacial score (nSPS) is 19.8. The van der Waals surface area contributed by atoms with Crippen molar-refractivity contribution in [2.75, 3.05) is 18.8 Å². The summed E-state index contributed by atoms with van der Waals surface area (Å²) in [5.74, 6) is -1.80. The monoisotopic (exact) mass is 391 g/mol. The van der Waals surface area contributed by atoms with E-state index in [2.05, 4.69) is 0 Å². The molecule has 4 nitrogen and oxygen atoms in total. The number of carbonyl (C=O) groups is 1. The molecule has 0 spiro atoms. The maximum atomic E-state index is 13.6. The van der Waals surface area contributed by atoms with Crippen molar-refractivity contribution in [3.63, 3.8) is 0 Å². The van der Waals surface area contributed by atoms with Gasteiger partial charge in [0.25, 0.3) is 0 Å². The summed E-state index contributed by atoms with van der Waals surface area (Å²) in [6, 6.07) is 11.9. The lowest BCUT2D eigenvalue weighted by molar-refractivity contribution is -0.125. The van der Waals surface area contributed by atoms with Crippen molar-refractivity contribution in [2.45, 2.75) is 11.7 Å². The van der Waals surface area contributed by atoms with E-state index in [9.17, 15) is 22.0 Å². The molecule has 7 heteroatoms. The summed E-state index contributed by atoms with van der Waals surface area (Å²) in [4.78, 5) is 13.8. The molecule has 0 unspecified atom stereocenters. The van der Waals surface area contributed by atoms with Crippen LogP contribution in [0.15, 0.2) is 54.6 Å². The van der Waals surface area contributed by atoms with Crippen LogP contribution >= 0.6 is 0 Å². The summed E-state index contributed by atoms with van der Waals surface area (Å²) < 4.78 is 52.0. The molecule has 142 valence electrons. The Morgan fingerprint density at radius 3 is 2.56 bits per heavy atom. The predicted octanol–water partition coefficient (Wildman–Crippen LogP) is 3.37. The molecule has 2 aromatic carbocycles. The van der Waals surface area contributed by atoms with E-state index in [1.165, 1.54) is 11.0 Å². The number of nitrogens with zero attached hydrogens (tertiary/aromatic N) is 1. The topological polar surface area (TPSA) is 54.5 Å². The van der Waals surface area contributed by atoms with E-state index in [0.717, 1.165) is 24.3 Å². The Labute approximate surface area is 157 Å². The lowest BCUT2D eigenvalue weighted by Gasteiger charge is -2.18. The second-order valence-corrected chi connectivity index (χ2v) is 8.68. The van der Waals surface area contributed by atoms with Crippen LogP contribution in [-0.2, 0) is 14.6 Å². The van der Waals surface area contributed by atoms with Crippen LogP contribution < -0.4 is 0 Å². The minimum Gasteiger partial charge on any atom is -0.338 e. The first-order valence-corrected chi connectivity index (χ1v) is 10.3. The smallest absolute Gasteiger partial charge is 0.246 e. The summed E-state index contributed by atoms with van der Waals surface area (Å²) >= 11 is 0. The fourth-order valence-corrected chi connectivity index (χ4v) is 4.91. The molecule has 1 aliphatic rings. The maximum Gasteiger partial charge on any atom is 0.246 e. The SMILES string of the molecule is O=C(/C=C/c1cc(F)ccc1F)N1CC[C@H](c2ccccc2)S(=O)(=O)CC1.